The van der Waals surface area contributed by atoms with Crippen LogP contribution in [0.4, 0.5) is 0 Å². The molecular formula is C18H13N3O2. The summed E-state index contributed by atoms with van der Waals surface area (Å²) in [7, 11) is 1.66. The molecule has 2 aromatic heterocycles. The predicted molar refractivity (Wildman–Crippen MR) is 87.0 cm³/mol. The largest absolute Gasteiger partial charge is 0.497 e. The van der Waals surface area contributed by atoms with Crippen molar-refractivity contribution >= 4 is 10.8 Å². The number of pyridine rings is 1. The summed E-state index contributed by atoms with van der Waals surface area (Å²) in [6.07, 6.45) is 3.41. The maximum absolute atomic E-state index is 5.76. The van der Waals surface area contributed by atoms with Crippen molar-refractivity contribution in [1.82, 2.24) is 15.2 Å². The average Bonchev–Trinajstić information content (AvgIpc) is 3.11. The number of hydrogen-bond donors (Lipinski definition) is 0. The molecule has 0 spiro atoms. The zero-order chi connectivity index (χ0) is 15.6. The van der Waals surface area contributed by atoms with Crippen LogP contribution < -0.4 is 4.74 Å². The van der Waals surface area contributed by atoms with Crippen LogP contribution in [-0.2, 0) is 0 Å². The van der Waals surface area contributed by atoms with Crippen LogP contribution in [0, 0.1) is 0 Å². The van der Waals surface area contributed by atoms with E-state index in [1.165, 1.54) is 0 Å². The fourth-order valence-electron chi connectivity index (χ4n) is 2.43. The van der Waals surface area contributed by atoms with Crippen LogP contribution in [-0.4, -0.2) is 22.3 Å². The first-order chi connectivity index (χ1) is 11.3. The third-order valence-corrected chi connectivity index (χ3v) is 3.63. The summed E-state index contributed by atoms with van der Waals surface area (Å²) < 4.78 is 11.0. The van der Waals surface area contributed by atoms with E-state index in [9.17, 15) is 0 Å². The second-order valence-corrected chi connectivity index (χ2v) is 5.08. The van der Waals surface area contributed by atoms with Crippen molar-refractivity contribution in [2.45, 2.75) is 0 Å². The van der Waals surface area contributed by atoms with Gasteiger partial charge in [-0.15, -0.1) is 10.2 Å². The smallest absolute Gasteiger partial charge is 0.249 e. The molecule has 4 aromatic rings. The van der Waals surface area contributed by atoms with Gasteiger partial charge in [0.25, 0.3) is 0 Å². The molecule has 0 aliphatic heterocycles. The van der Waals surface area contributed by atoms with Crippen LogP contribution >= 0.6 is 0 Å². The van der Waals surface area contributed by atoms with Crippen LogP contribution in [0.2, 0.25) is 0 Å². The second kappa shape index (κ2) is 5.53. The SMILES string of the molecule is COc1ccc2cc(-c3nnc(-c4cccnc4)o3)ccc2c1. The minimum absolute atomic E-state index is 0.461. The Balaban J connectivity index is 1.73. The van der Waals surface area contributed by atoms with Gasteiger partial charge in [-0.25, -0.2) is 0 Å². The number of hydrogen-bond acceptors (Lipinski definition) is 5. The van der Waals surface area contributed by atoms with Crippen molar-refractivity contribution in [3.05, 3.63) is 60.9 Å². The summed E-state index contributed by atoms with van der Waals surface area (Å²) in [5, 5.41) is 10.4. The molecule has 5 heteroatoms. The van der Waals surface area contributed by atoms with Crippen molar-refractivity contribution in [2.24, 2.45) is 0 Å². The van der Waals surface area contributed by atoms with Gasteiger partial charge in [0.15, 0.2) is 0 Å². The van der Waals surface area contributed by atoms with Crippen molar-refractivity contribution in [1.29, 1.82) is 0 Å². The summed E-state index contributed by atoms with van der Waals surface area (Å²) in [4.78, 5) is 4.06. The van der Waals surface area contributed by atoms with Crippen molar-refractivity contribution in [2.75, 3.05) is 7.11 Å². The van der Waals surface area contributed by atoms with E-state index in [1.807, 2.05) is 48.5 Å². The number of rotatable bonds is 3. The van der Waals surface area contributed by atoms with Gasteiger partial charge < -0.3 is 9.15 Å². The van der Waals surface area contributed by atoms with Gasteiger partial charge in [-0.2, -0.15) is 0 Å². The number of nitrogens with zero attached hydrogens (tertiary/aromatic N) is 3. The van der Waals surface area contributed by atoms with E-state index >= 15 is 0 Å². The lowest BCUT2D eigenvalue weighted by Gasteiger charge is -2.03. The lowest BCUT2D eigenvalue weighted by atomic mass is 10.1. The summed E-state index contributed by atoms with van der Waals surface area (Å²) >= 11 is 0. The van der Waals surface area contributed by atoms with Gasteiger partial charge in [-0.3, -0.25) is 4.98 Å². The minimum Gasteiger partial charge on any atom is -0.497 e. The van der Waals surface area contributed by atoms with E-state index < -0.39 is 0 Å². The zero-order valence-electron chi connectivity index (χ0n) is 12.4. The zero-order valence-corrected chi connectivity index (χ0v) is 12.4. The molecule has 0 saturated carbocycles. The van der Waals surface area contributed by atoms with Gasteiger partial charge in [-0.05, 0) is 47.2 Å². The van der Waals surface area contributed by atoms with Crippen LogP contribution in [0.5, 0.6) is 5.75 Å². The number of methoxy groups -OCH3 is 1. The third-order valence-electron chi connectivity index (χ3n) is 3.63. The molecule has 0 unspecified atom stereocenters. The molecule has 0 aliphatic carbocycles. The minimum atomic E-state index is 0.461. The summed E-state index contributed by atoms with van der Waals surface area (Å²) in [5.41, 5.74) is 1.68. The van der Waals surface area contributed by atoms with Gasteiger partial charge in [0.2, 0.25) is 11.8 Å². The lowest BCUT2D eigenvalue weighted by molar-refractivity contribution is 0.415. The average molecular weight is 303 g/mol. The number of benzene rings is 2. The fourth-order valence-corrected chi connectivity index (χ4v) is 2.43. The summed E-state index contributed by atoms with van der Waals surface area (Å²) in [6.45, 7) is 0. The molecule has 0 bridgehead atoms. The normalized spacial score (nSPS) is 10.8. The van der Waals surface area contributed by atoms with Gasteiger partial charge in [0.1, 0.15) is 5.75 Å². The third kappa shape index (κ3) is 2.53. The molecule has 0 N–H and O–H groups in total. The highest BCUT2D eigenvalue weighted by atomic mass is 16.5. The topological polar surface area (TPSA) is 61.0 Å². The molecule has 112 valence electrons. The summed E-state index contributed by atoms with van der Waals surface area (Å²) in [5.74, 6) is 1.78. The maximum atomic E-state index is 5.76. The first-order valence-electron chi connectivity index (χ1n) is 7.15. The van der Waals surface area contributed by atoms with E-state index in [4.69, 9.17) is 9.15 Å². The van der Waals surface area contributed by atoms with Crippen molar-refractivity contribution in [3.63, 3.8) is 0 Å². The highest BCUT2D eigenvalue weighted by Crippen LogP contribution is 2.28. The maximum Gasteiger partial charge on any atom is 0.249 e. The van der Waals surface area contributed by atoms with E-state index in [2.05, 4.69) is 15.2 Å². The molecule has 0 atom stereocenters. The Morgan fingerprint density at radius 3 is 2.43 bits per heavy atom. The molecular weight excluding hydrogens is 290 g/mol. The Morgan fingerprint density at radius 2 is 1.65 bits per heavy atom. The molecule has 2 heterocycles. The van der Waals surface area contributed by atoms with E-state index in [1.54, 1.807) is 19.5 Å². The molecule has 0 fully saturated rings. The van der Waals surface area contributed by atoms with E-state index in [0.29, 0.717) is 11.8 Å². The number of fused-ring (bicyclic) bond motifs is 1. The Kier molecular flexibility index (Phi) is 3.24. The van der Waals surface area contributed by atoms with Crippen LogP contribution in [0.15, 0.2) is 65.3 Å². The lowest BCUT2D eigenvalue weighted by Crippen LogP contribution is -1.83. The molecule has 5 nitrogen and oxygen atoms in total. The predicted octanol–water partition coefficient (Wildman–Crippen LogP) is 3.96. The van der Waals surface area contributed by atoms with E-state index in [-0.39, 0.29) is 0 Å². The Hall–Kier alpha value is -3.21. The number of ether oxygens (including phenoxy) is 1. The fraction of sp³-hybridized carbons (Fsp3) is 0.0556. The van der Waals surface area contributed by atoms with Crippen LogP contribution in [0.3, 0.4) is 0 Å². The molecule has 0 saturated heterocycles. The van der Waals surface area contributed by atoms with Crippen LogP contribution in [0.1, 0.15) is 0 Å². The summed E-state index contributed by atoms with van der Waals surface area (Å²) in [6, 6.07) is 15.7. The quantitative estimate of drug-likeness (QED) is 0.573. The first kappa shape index (κ1) is 13.5. The van der Waals surface area contributed by atoms with Gasteiger partial charge in [0.05, 0.1) is 12.7 Å². The first-order valence-corrected chi connectivity index (χ1v) is 7.15. The van der Waals surface area contributed by atoms with Crippen molar-refractivity contribution < 1.29 is 9.15 Å². The molecule has 0 radical (unpaired) electrons. The number of aromatic nitrogens is 3. The highest BCUT2D eigenvalue weighted by Gasteiger charge is 2.11. The molecule has 0 amide bonds. The monoisotopic (exact) mass is 303 g/mol. The van der Waals surface area contributed by atoms with Crippen LogP contribution in [0.25, 0.3) is 33.7 Å². The second-order valence-electron chi connectivity index (χ2n) is 5.08. The van der Waals surface area contributed by atoms with E-state index in [0.717, 1.165) is 27.6 Å². The Labute approximate surface area is 132 Å². The molecule has 0 aliphatic rings. The van der Waals surface area contributed by atoms with Gasteiger partial charge in [0, 0.05) is 18.0 Å². The standard InChI is InChI=1S/C18H13N3O2/c1-22-16-7-6-12-9-14(5-4-13(12)10-16)17-20-21-18(23-17)15-3-2-8-19-11-15/h2-11H,1H3. The van der Waals surface area contributed by atoms with Gasteiger partial charge >= 0.3 is 0 Å². The Bertz CT molecular complexity index is 964. The Morgan fingerprint density at radius 1 is 0.870 bits per heavy atom. The molecule has 2 aromatic carbocycles. The van der Waals surface area contributed by atoms with Crippen molar-refractivity contribution in [3.8, 4) is 28.7 Å². The molecule has 23 heavy (non-hydrogen) atoms. The highest BCUT2D eigenvalue weighted by molar-refractivity contribution is 5.87. The molecule has 4 rings (SSSR count). The van der Waals surface area contributed by atoms with Gasteiger partial charge in [-0.1, -0.05) is 12.1 Å².